The average molecular weight is 412 g/mol. The number of aliphatic hydroxyl groups is 1. The van der Waals surface area contributed by atoms with Crippen molar-refractivity contribution in [2.45, 2.75) is 25.6 Å². The van der Waals surface area contributed by atoms with E-state index in [4.69, 9.17) is 11.6 Å². The predicted molar refractivity (Wildman–Crippen MR) is 108 cm³/mol. The van der Waals surface area contributed by atoms with Gasteiger partial charge in [-0.15, -0.1) is 0 Å². The van der Waals surface area contributed by atoms with Crippen molar-refractivity contribution >= 4 is 17.7 Å². The summed E-state index contributed by atoms with van der Waals surface area (Å²) in [6.45, 7) is 4.05. The summed E-state index contributed by atoms with van der Waals surface area (Å²) in [7, 11) is 3.71. The Labute approximate surface area is 169 Å². The first-order valence-electron chi connectivity index (χ1n) is 8.94. The molecule has 0 heterocycles. The quantitative estimate of drug-likeness (QED) is 0.644. The molecule has 0 aliphatic rings. The van der Waals surface area contributed by atoms with Crippen molar-refractivity contribution in [2.75, 3.05) is 20.6 Å². The molecule has 2 aromatic carbocycles. The fourth-order valence-corrected chi connectivity index (χ4v) is 3.69. The predicted octanol–water partition coefficient (Wildman–Crippen LogP) is 5.85. The Balaban J connectivity index is 2.64. The van der Waals surface area contributed by atoms with Gasteiger partial charge in [-0.05, 0) is 49.9 Å². The van der Waals surface area contributed by atoms with E-state index in [0.29, 0.717) is 12.1 Å². The van der Waals surface area contributed by atoms with Crippen molar-refractivity contribution in [3.05, 3.63) is 75.8 Å². The zero-order valence-electron chi connectivity index (χ0n) is 16.4. The first-order chi connectivity index (χ1) is 13.0. The van der Waals surface area contributed by atoms with Crippen LogP contribution in [0.5, 0.6) is 0 Å². The second kappa shape index (κ2) is 8.68. The maximum atomic E-state index is 13.4. The summed E-state index contributed by atoms with van der Waals surface area (Å²) in [6, 6.07) is 13.0. The highest BCUT2D eigenvalue weighted by atomic mass is 35.5. The minimum absolute atomic E-state index is 0.170. The van der Waals surface area contributed by atoms with Crippen molar-refractivity contribution in [1.29, 1.82) is 0 Å². The van der Waals surface area contributed by atoms with Gasteiger partial charge in [0.05, 0.1) is 10.6 Å². The molecule has 0 saturated carbocycles. The van der Waals surface area contributed by atoms with Crippen LogP contribution in [0.1, 0.15) is 30.5 Å². The molecule has 0 aromatic heterocycles. The van der Waals surface area contributed by atoms with Gasteiger partial charge in [0.2, 0.25) is 0 Å². The second-order valence-electron chi connectivity index (χ2n) is 7.36. The average Bonchev–Trinajstić information content (AvgIpc) is 2.60. The standard InChI is InChI=1S/C22H25ClF3NO/c1-15(12-17-8-6-5-7-9-17)21(28,16(2)14-27(3)4)18-10-11-20(23)19(13-18)22(24,25)26/h5-13,16,28H,14H2,1-4H3/b15-12-. The normalized spacial score (nSPS) is 16.1. The molecule has 0 fully saturated rings. The summed E-state index contributed by atoms with van der Waals surface area (Å²) in [6.07, 6.45) is -2.80. The van der Waals surface area contributed by atoms with Gasteiger partial charge < -0.3 is 10.0 Å². The molecule has 2 rings (SSSR count). The molecule has 1 N–H and O–H groups in total. The first kappa shape index (κ1) is 22.5. The van der Waals surface area contributed by atoms with Crippen molar-refractivity contribution in [2.24, 2.45) is 5.92 Å². The number of benzene rings is 2. The summed E-state index contributed by atoms with van der Waals surface area (Å²) in [5.41, 5.74) is -0.952. The third-order valence-corrected chi connectivity index (χ3v) is 5.18. The van der Waals surface area contributed by atoms with E-state index in [-0.39, 0.29) is 16.5 Å². The maximum Gasteiger partial charge on any atom is 0.417 e. The van der Waals surface area contributed by atoms with E-state index < -0.39 is 17.3 Å². The Kier molecular flexibility index (Phi) is 6.97. The van der Waals surface area contributed by atoms with E-state index >= 15 is 0 Å². The molecule has 6 heteroatoms. The summed E-state index contributed by atoms with van der Waals surface area (Å²) >= 11 is 5.78. The number of hydrogen-bond acceptors (Lipinski definition) is 2. The Morgan fingerprint density at radius 3 is 2.29 bits per heavy atom. The lowest BCUT2D eigenvalue weighted by atomic mass is 9.76. The molecular formula is C22H25ClF3NO. The van der Waals surface area contributed by atoms with E-state index in [1.165, 1.54) is 12.1 Å². The largest absolute Gasteiger partial charge is 0.417 e. The van der Waals surface area contributed by atoms with Gasteiger partial charge in [-0.2, -0.15) is 13.2 Å². The molecule has 0 aliphatic heterocycles. The molecule has 0 amide bonds. The van der Waals surface area contributed by atoms with Gasteiger partial charge in [-0.3, -0.25) is 0 Å². The lowest BCUT2D eigenvalue weighted by Gasteiger charge is -2.38. The van der Waals surface area contributed by atoms with Crippen LogP contribution in [0.15, 0.2) is 54.1 Å². The third-order valence-electron chi connectivity index (χ3n) is 4.85. The maximum absolute atomic E-state index is 13.4. The summed E-state index contributed by atoms with van der Waals surface area (Å²) < 4.78 is 40.2. The molecule has 0 radical (unpaired) electrons. The van der Waals surface area contributed by atoms with Crippen LogP contribution >= 0.6 is 11.6 Å². The van der Waals surface area contributed by atoms with Gasteiger partial charge in [-0.1, -0.05) is 61.0 Å². The van der Waals surface area contributed by atoms with Crippen LogP contribution in [-0.2, 0) is 11.8 Å². The van der Waals surface area contributed by atoms with Crippen molar-refractivity contribution in [3.8, 4) is 0 Å². The molecule has 152 valence electrons. The highest BCUT2D eigenvalue weighted by Gasteiger charge is 2.41. The van der Waals surface area contributed by atoms with E-state index in [2.05, 4.69) is 0 Å². The number of halogens is 4. The Hall–Kier alpha value is -1.82. The van der Waals surface area contributed by atoms with Gasteiger partial charge in [0.15, 0.2) is 0 Å². The number of nitrogens with zero attached hydrogens (tertiary/aromatic N) is 1. The van der Waals surface area contributed by atoms with Crippen molar-refractivity contribution < 1.29 is 18.3 Å². The zero-order chi connectivity index (χ0) is 21.1. The summed E-state index contributed by atoms with van der Waals surface area (Å²) in [5, 5.41) is 11.3. The molecule has 2 atom stereocenters. The summed E-state index contributed by atoms with van der Waals surface area (Å²) in [4.78, 5) is 1.89. The molecule has 0 aliphatic carbocycles. The van der Waals surface area contributed by atoms with Gasteiger partial charge in [0.25, 0.3) is 0 Å². The van der Waals surface area contributed by atoms with Gasteiger partial charge in [-0.25, -0.2) is 0 Å². The Morgan fingerprint density at radius 1 is 1.14 bits per heavy atom. The molecule has 0 bridgehead atoms. The Morgan fingerprint density at radius 2 is 1.75 bits per heavy atom. The monoisotopic (exact) mass is 411 g/mol. The highest BCUT2D eigenvalue weighted by Crippen LogP contribution is 2.42. The number of hydrogen-bond donors (Lipinski definition) is 1. The van der Waals surface area contributed by atoms with E-state index in [9.17, 15) is 18.3 Å². The molecule has 0 spiro atoms. The smallest absolute Gasteiger partial charge is 0.380 e. The van der Waals surface area contributed by atoms with Crippen LogP contribution in [-0.4, -0.2) is 30.6 Å². The van der Waals surface area contributed by atoms with Gasteiger partial charge in [0.1, 0.15) is 5.60 Å². The fourth-order valence-electron chi connectivity index (χ4n) is 3.47. The number of alkyl halides is 3. The van der Waals surface area contributed by atoms with Gasteiger partial charge in [0, 0.05) is 12.5 Å². The lowest BCUT2D eigenvalue weighted by Crippen LogP contribution is -2.40. The molecule has 2 aromatic rings. The van der Waals surface area contributed by atoms with E-state index in [1.54, 1.807) is 13.0 Å². The first-order valence-corrected chi connectivity index (χ1v) is 9.32. The molecule has 0 saturated heterocycles. The van der Waals surface area contributed by atoms with Crippen LogP contribution in [0.2, 0.25) is 5.02 Å². The molecular weight excluding hydrogens is 387 g/mol. The second-order valence-corrected chi connectivity index (χ2v) is 7.77. The van der Waals surface area contributed by atoms with Gasteiger partial charge >= 0.3 is 6.18 Å². The van der Waals surface area contributed by atoms with Crippen LogP contribution in [0, 0.1) is 5.92 Å². The lowest BCUT2D eigenvalue weighted by molar-refractivity contribution is -0.137. The van der Waals surface area contributed by atoms with Crippen LogP contribution in [0.4, 0.5) is 13.2 Å². The minimum Gasteiger partial charge on any atom is -0.380 e. The van der Waals surface area contributed by atoms with Crippen molar-refractivity contribution in [1.82, 2.24) is 4.90 Å². The third kappa shape index (κ3) is 4.96. The van der Waals surface area contributed by atoms with E-state index in [1.807, 2.05) is 56.3 Å². The minimum atomic E-state index is -4.60. The van der Waals surface area contributed by atoms with Crippen LogP contribution in [0.25, 0.3) is 6.08 Å². The molecule has 28 heavy (non-hydrogen) atoms. The summed E-state index contributed by atoms with van der Waals surface area (Å²) in [5.74, 6) is -0.371. The Bertz CT molecular complexity index is 833. The highest BCUT2D eigenvalue weighted by molar-refractivity contribution is 6.31. The molecule has 2 nitrogen and oxygen atoms in total. The number of rotatable bonds is 6. The SMILES string of the molecule is C/C(=C/c1ccccc1)C(O)(c1ccc(Cl)c(C(F)(F)F)c1)C(C)CN(C)C. The molecule has 2 unspecified atom stereocenters. The topological polar surface area (TPSA) is 23.5 Å². The fraction of sp³-hybridized carbons (Fsp3) is 0.364. The van der Waals surface area contributed by atoms with Crippen LogP contribution in [0.3, 0.4) is 0 Å². The van der Waals surface area contributed by atoms with E-state index in [0.717, 1.165) is 11.6 Å². The van der Waals surface area contributed by atoms with Crippen LogP contribution < -0.4 is 0 Å². The van der Waals surface area contributed by atoms with Crippen molar-refractivity contribution in [3.63, 3.8) is 0 Å². The zero-order valence-corrected chi connectivity index (χ0v) is 17.1.